The van der Waals surface area contributed by atoms with E-state index in [0.717, 1.165) is 53.5 Å². The minimum absolute atomic E-state index is 0.0807. The van der Waals surface area contributed by atoms with Crippen molar-refractivity contribution in [2.45, 2.75) is 57.8 Å². The zero-order valence-electron chi connectivity index (χ0n) is 39.9. The lowest BCUT2D eigenvalue weighted by molar-refractivity contribution is 0.659. The van der Waals surface area contributed by atoms with Crippen LogP contribution in [0.5, 0.6) is 0 Å². The lowest BCUT2D eigenvalue weighted by Crippen LogP contribution is -2.25. The van der Waals surface area contributed by atoms with Gasteiger partial charge in [0.15, 0.2) is 0 Å². The molecular formula is C66H55N3. The zero-order valence-corrected chi connectivity index (χ0v) is 39.9. The standard InChI is InChI=1S/C66H55N3/c1-65(2)56-40-44(16-14-17-45-28-36-53-55-38-34-51(43-59(55)66(3,4)57(53)41-45)67-39-15-19-47-18-8-9-22-60(47)67)27-35-52(56)54-37-31-48(42-58(54)65)46-29-32-50(33-30-46)69-63-25-12-10-23-61(63)68(49-20-6-5-7-21-49)62-24-11-13-26-64(62)69/h5-14,17-18,20-38,40-43H,15-16,19,39H2,1-4H3. The Morgan fingerprint density at radius 3 is 1.58 bits per heavy atom. The number of hydrogen-bond donors (Lipinski definition) is 0. The second-order valence-corrected chi connectivity index (χ2v) is 20.4. The molecule has 0 bridgehead atoms. The van der Waals surface area contributed by atoms with E-state index < -0.39 is 0 Å². The molecule has 0 amide bonds. The number of hydrogen-bond acceptors (Lipinski definition) is 3. The highest BCUT2D eigenvalue weighted by Gasteiger charge is 2.38. The van der Waals surface area contributed by atoms with Gasteiger partial charge in [-0.15, -0.1) is 0 Å². The van der Waals surface area contributed by atoms with Gasteiger partial charge in [0.2, 0.25) is 0 Å². The Morgan fingerprint density at radius 2 is 0.913 bits per heavy atom. The van der Waals surface area contributed by atoms with E-state index in [-0.39, 0.29) is 10.8 Å². The number of rotatable bonds is 7. The van der Waals surface area contributed by atoms with Gasteiger partial charge in [-0.05, 0) is 164 Å². The first-order valence-corrected chi connectivity index (χ1v) is 24.8. The maximum atomic E-state index is 2.52. The lowest BCUT2D eigenvalue weighted by atomic mass is 9.81. The lowest BCUT2D eigenvalue weighted by Gasteiger charge is -2.40. The molecule has 4 aliphatic rings. The Balaban J connectivity index is 0.731. The maximum absolute atomic E-state index is 2.52. The molecule has 2 heterocycles. The molecule has 2 aliphatic heterocycles. The number of para-hydroxylation sites is 6. The molecular weight excluding hydrogens is 835 g/mol. The predicted octanol–water partition coefficient (Wildman–Crippen LogP) is 17.6. The maximum Gasteiger partial charge on any atom is 0.0703 e. The molecule has 0 saturated carbocycles. The third kappa shape index (κ3) is 6.62. The Morgan fingerprint density at radius 1 is 0.420 bits per heavy atom. The van der Waals surface area contributed by atoms with E-state index in [1.807, 2.05) is 0 Å². The molecule has 13 rings (SSSR count). The smallest absolute Gasteiger partial charge is 0.0703 e. The highest BCUT2D eigenvalue weighted by molar-refractivity contribution is 6.01. The summed E-state index contributed by atoms with van der Waals surface area (Å²) in [7, 11) is 0. The van der Waals surface area contributed by atoms with Crippen LogP contribution < -0.4 is 14.7 Å². The van der Waals surface area contributed by atoms with Gasteiger partial charge in [-0.3, -0.25) is 0 Å². The van der Waals surface area contributed by atoms with Gasteiger partial charge in [0, 0.05) is 40.1 Å². The molecule has 0 N–H and O–H groups in total. The van der Waals surface area contributed by atoms with Crippen molar-refractivity contribution < 1.29 is 0 Å². The highest BCUT2D eigenvalue weighted by atomic mass is 15.3. The first-order valence-electron chi connectivity index (χ1n) is 24.8. The summed E-state index contributed by atoms with van der Waals surface area (Å²) < 4.78 is 0. The molecule has 0 unspecified atom stereocenters. The summed E-state index contributed by atoms with van der Waals surface area (Å²) in [5.74, 6) is 0. The molecule has 2 aliphatic carbocycles. The fourth-order valence-corrected chi connectivity index (χ4v) is 12.1. The Bertz CT molecular complexity index is 3470. The van der Waals surface area contributed by atoms with Crippen molar-refractivity contribution in [1.82, 2.24) is 0 Å². The normalized spacial score (nSPS) is 15.5. The van der Waals surface area contributed by atoms with Crippen molar-refractivity contribution in [3.8, 4) is 33.4 Å². The average Bonchev–Trinajstić information content (AvgIpc) is 3.75. The van der Waals surface area contributed by atoms with Crippen LogP contribution in [0.15, 0.2) is 206 Å². The van der Waals surface area contributed by atoms with Gasteiger partial charge in [0.05, 0.1) is 22.7 Å². The van der Waals surface area contributed by atoms with E-state index in [2.05, 4.69) is 255 Å². The van der Waals surface area contributed by atoms with Crippen LogP contribution in [-0.2, 0) is 23.7 Å². The summed E-state index contributed by atoms with van der Waals surface area (Å²) in [6.07, 6.45) is 7.90. The quantitative estimate of drug-likeness (QED) is 0.158. The van der Waals surface area contributed by atoms with E-state index >= 15 is 0 Å². The number of anilines is 8. The van der Waals surface area contributed by atoms with Gasteiger partial charge < -0.3 is 14.7 Å². The van der Waals surface area contributed by atoms with Crippen molar-refractivity contribution >= 4 is 51.6 Å². The van der Waals surface area contributed by atoms with Crippen molar-refractivity contribution in [2.24, 2.45) is 0 Å². The van der Waals surface area contributed by atoms with Gasteiger partial charge in [-0.1, -0.05) is 167 Å². The number of benzene rings is 9. The molecule has 0 atom stereocenters. The van der Waals surface area contributed by atoms with E-state index in [0.29, 0.717) is 0 Å². The molecule has 9 aromatic carbocycles. The molecule has 3 heteroatoms. The summed E-state index contributed by atoms with van der Waals surface area (Å²) in [6, 6.07) is 74.7. The van der Waals surface area contributed by atoms with Crippen molar-refractivity contribution in [3.63, 3.8) is 0 Å². The van der Waals surface area contributed by atoms with Gasteiger partial charge >= 0.3 is 0 Å². The van der Waals surface area contributed by atoms with Crippen LogP contribution >= 0.6 is 0 Å². The van der Waals surface area contributed by atoms with Gasteiger partial charge in [-0.25, -0.2) is 0 Å². The number of aryl methyl sites for hydroxylation is 1. The molecule has 0 fully saturated rings. The average molecular weight is 890 g/mol. The predicted molar refractivity (Wildman–Crippen MR) is 291 cm³/mol. The van der Waals surface area contributed by atoms with Crippen LogP contribution in [0, 0.1) is 0 Å². The Kier molecular flexibility index (Phi) is 9.49. The first-order chi connectivity index (χ1) is 33.7. The molecule has 0 spiro atoms. The van der Waals surface area contributed by atoms with E-state index in [1.165, 1.54) is 90.1 Å². The summed E-state index contributed by atoms with van der Waals surface area (Å²) in [6.45, 7) is 10.7. The molecule has 0 radical (unpaired) electrons. The Hall–Kier alpha value is -7.88. The summed E-state index contributed by atoms with van der Waals surface area (Å²) >= 11 is 0. The first kappa shape index (κ1) is 41.3. The van der Waals surface area contributed by atoms with Crippen molar-refractivity contribution in [1.29, 1.82) is 0 Å². The summed E-state index contributed by atoms with van der Waals surface area (Å²) in [4.78, 5) is 7.30. The third-order valence-electron chi connectivity index (χ3n) is 15.7. The SMILES string of the molecule is CC1(C)c2cc(CC=Cc3ccc4c(c3)C(C)(C)c3cc(N5CCCc6ccccc65)ccc3-4)ccc2-c2ccc(-c3ccc(N4c5ccccc5N(c5ccccc5)c5ccccc54)cc3)cc21. The van der Waals surface area contributed by atoms with Crippen LogP contribution in [0.1, 0.15) is 73.1 Å². The molecule has 69 heavy (non-hydrogen) atoms. The fourth-order valence-electron chi connectivity index (χ4n) is 12.1. The van der Waals surface area contributed by atoms with Crippen LogP contribution in [0.3, 0.4) is 0 Å². The van der Waals surface area contributed by atoms with Crippen molar-refractivity contribution in [2.75, 3.05) is 21.2 Å². The Labute approximate surface area is 407 Å². The zero-order chi connectivity index (χ0) is 46.4. The molecule has 3 nitrogen and oxygen atoms in total. The topological polar surface area (TPSA) is 9.72 Å². The van der Waals surface area contributed by atoms with Gasteiger partial charge in [-0.2, -0.15) is 0 Å². The van der Waals surface area contributed by atoms with Gasteiger partial charge in [0.1, 0.15) is 0 Å². The molecule has 0 saturated heterocycles. The summed E-state index contributed by atoms with van der Waals surface area (Å²) in [5.41, 5.74) is 27.0. The van der Waals surface area contributed by atoms with Crippen LogP contribution in [0.25, 0.3) is 39.5 Å². The highest BCUT2D eigenvalue weighted by Crippen LogP contribution is 2.55. The monoisotopic (exact) mass is 889 g/mol. The molecule has 334 valence electrons. The second-order valence-electron chi connectivity index (χ2n) is 20.4. The largest absolute Gasteiger partial charge is 0.341 e. The second kappa shape index (κ2) is 15.9. The number of fused-ring (bicyclic) bond motifs is 9. The fraction of sp³-hybridized carbons (Fsp3) is 0.152. The third-order valence-corrected chi connectivity index (χ3v) is 15.7. The van der Waals surface area contributed by atoms with E-state index in [1.54, 1.807) is 0 Å². The molecule has 9 aromatic rings. The minimum Gasteiger partial charge on any atom is -0.341 e. The van der Waals surface area contributed by atoms with E-state index in [4.69, 9.17) is 0 Å². The minimum atomic E-state index is -0.121. The van der Waals surface area contributed by atoms with Crippen LogP contribution in [0.2, 0.25) is 0 Å². The van der Waals surface area contributed by atoms with Gasteiger partial charge in [0.25, 0.3) is 0 Å². The van der Waals surface area contributed by atoms with Crippen molar-refractivity contribution in [3.05, 3.63) is 245 Å². The summed E-state index contributed by atoms with van der Waals surface area (Å²) in [5, 5.41) is 0. The van der Waals surface area contributed by atoms with E-state index in [9.17, 15) is 0 Å². The molecule has 0 aromatic heterocycles. The number of nitrogens with zero attached hydrogens (tertiary/aromatic N) is 3. The number of allylic oxidation sites excluding steroid dienone is 1. The van der Waals surface area contributed by atoms with Crippen LogP contribution in [-0.4, -0.2) is 6.54 Å². The van der Waals surface area contributed by atoms with Crippen LogP contribution in [0.4, 0.5) is 45.5 Å².